The zero-order valence-corrected chi connectivity index (χ0v) is 12.6. The van der Waals surface area contributed by atoms with Gasteiger partial charge in [0.25, 0.3) is 0 Å². The van der Waals surface area contributed by atoms with E-state index in [0.717, 1.165) is 22.9 Å². The molecular formula is C14H20N2O3P+. The molecule has 0 saturated carbocycles. The highest BCUT2D eigenvalue weighted by atomic mass is 31.1. The highest BCUT2D eigenvalue weighted by Gasteiger charge is 2.43. The molecule has 4 N–H and O–H groups in total. The monoisotopic (exact) mass is 295 g/mol. The van der Waals surface area contributed by atoms with Crippen LogP contribution < -0.4 is 5.73 Å². The van der Waals surface area contributed by atoms with Crippen molar-refractivity contribution >= 4 is 19.2 Å². The lowest BCUT2D eigenvalue weighted by Crippen LogP contribution is -2.46. The molecule has 0 saturated heterocycles. The van der Waals surface area contributed by atoms with E-state index < -0.39 is 14.0 Å². The van der Waals surface area contributed by atoms with Crippen LogP contribution in [0.25, 0.3) is 10.9 Å². The maximum absolute atomic E-state index is 11.1. The van der Waals surface area contributed by atoms with Crippen LogP contribution >= 0.6 is 8.25 Å². The van der Waals surface area contributed by atoms with Crippen molar-refractivity contribution in [1.29, 1.82) is 0 Å². The minimum absolute atomic E-state index is 0.158. The predicted molar refractivity (Wildman–Crippen MR) is 79.5 cm³/mol. The van der Waals surface area contributed by atoms with Crippen LogP contribution in [0.2, 0.25) is 0 Å². The lowest BCUT2D eigenvalue weighted by molar-refractivity contribution is 0.0372. The summed E-state index contributed by atoms with van der Waals surface area (Å²) in [7, 11) is -2.74. The Balaban J connectivity index is 2.48. The normalized spacial score (nSPS) is 16.9. The minimum atomic E-state index is -2.74. The van der Waals surface area contributed by atoms with Gasteiger partial charge in [-0.1, -0.05) is 36.6 Å². The van der Waals surface area contributed by atoms with E-state index >= 15 is 0 Å². The van der Waals surface area contributed by atoms with E-state index in [0.29, 0.717) is 6.42 Å². The second kappa shape index (κ2) is 6.02. The van der Waals surface area contributed by atoms with E-state index in [1.165, 1.54) is 0 Å². The Morgan fingerprint density at radius 2 is 2.15 bits per heavy atom. The van der Waals surface area contributed by atoms with Gasteiger partial charge in [0.15, 0.2) is 5.72 Å². The van der Waals surface area contributed by atoms with Gasteiger partial charge < -0.3 is 4.98 Å². The Morgan fingerprint density at radius 3 is 2.75 bits per heavy atom. The molecular weight excluding hydrogens is 275 g/mol. The Labute approximate surface area is 119 Å². The van der Waals surface area contributed by atoms with Gasteiger partial charge in [0, 0.05) is 27.6 Å². The lowest BCUT2D eigenvalue weighted by atomic mass is 9.85. The number of nitrogens with two attached hydrogens (primary N) is 1. The number of fused-ring (bicyclic) bond motifs is 1. The first-order chi connectivity index (χ1) is 9.51. The van der Waals surface area contributed by atoms with E-state index in [1.54, 1.807) is 0 Å². The summed E-state index contributed by atoms with van der Waals surface area (Å²) in [5.41, 5.74) is 7.14. The van der Waals surface area contributed by atoms with E-state index in [9.17, 15) is 4.57 Å². The maximum atomic E-state index is 11.1. The van der Waals surface area contributed by atoms with Gasteiger partial charge in [-0.25, -0.2) is 0 Å². The molecule has 2 rings (SSSR count). The van der Waals surface area contributed by atoms with Gasteiger partial charge in [-0.2, -0.15) is 0 Å². The van der Waals surface area contributed by atoms with Crippen LogP contribution in [0.1, 0.15) is 38.2 Å². The first-order valence-electron chi connectivity index (χ1n) is 6.72. The zero-order valence-electron chi connectivity index (χ0n) is 11.7. The van der Waals surface area contributed by atoms with Crippen molar-refractivity contribution in [1.82, 2.24) is 4.98 Å². The van der Waals surface area contributed by atoms with Crippen LogP contribution in [-0.2, 0) is 9.09 Å². The van der Waals surface area contributed by atoms with Crippen LogP contribution in [0, 0.1) is 0 Å². The molecule has 1 aromatic carbocycles. The summed E-state index contributed by atoms with van der Waals surface area (Å²) in [5.74, 6) is -0.158. The molecule has 108 valence electrons. The largest absolute Gasteiger partial charge is 0.696 e. The Kier molecular flexibility index (Phi) is 4.55. The van der Waals surface area contributed by atoms with Gasteiger partial charge in [-0.3, -0.25) is 5.73 Å². The number of benzene rings is 1. The number of hydrogen-bond acceptors (Lipinski definition) is 3. The second-order valence-electron chi connectivity index (χ2n) is 4.89. The van der Waals surface area contributed by atoms with Crippen molar-refractivity contribution in [2.45, 2.75) is 38.3 Å². The van der Waals surface area contributed by atoms with Gasteiger partial charge in [0.2, 0.25) is 0 Å². The van der Waals surface area contributed by atoms with Gasteiger partial charge in [-0.05, 0) is 24.5 Å². The number of aromatic amines is 1. The average Bonchev–Trinajstić information content (AvgIpc) is 2.83. The molecule has 20 heavy (non-hydrogen) atoms. The molecule has 0 aliphatic heterocycles. The Hall–Kier alpha value is -1.26. The Bertz CT molecular complexity index is 613. The first kappa shape index (κ1) is 15.1. The van der Waals surface area contributed by atoms with Crippen molar-refractivity contribution in [3.8, 4) is 0 Å². The van der Waals surface area contributed by atoms with E-state index in [-0.39, 0.29) is 5.92 Å². The third-order valence-corrected chi connectivity index (χ3v) is 4.29. The smallest absolute Gasteiger partial charge is 0.361 e. The summed E-state index contributed by atoms with van der Waals surface area (Å²) >= 11 is 0. The number of hydrogen-bond donors (Lipinski definition) is 3. The van der Waals surface area contributed by atoms with Gasteiger partial charge >= 0.3 is 8.25 Å². The van der Waals surface area contributed by atoms with Crippen LogP contribution in [0.15, 0.2) is 30.5 Å². The summed E-state index contributed by atoms with van der Waals surface area (Å²) in [6.45, 7) is 3.86. The molecule has 0 aliphatic rings. The molecule has 0 spiro atoms. The van der Waals surface area contributed by atoms with E-state index in [2.05, 4.69) is 4.98 Å². The fourth-order valence-corrected chi connectivity index (χ4v) is 3.28. The van der Waals surface area contributed by atoms with Crippen molar-refractivity contribution in [3.05, 3.63) is 36.0 Å². The van der Waals surface area contributed by atoms with Gasteiger partial charge in [-0.15, -0.1) is 4.89 Å². The highest BCUT2D eigenvalue weighted by molar-refractivity contribution is 7.32. The highest BCUT2D eigenvalue weighted by Crippen LogP contribution is 2.40. The van der Waals surface area contributed by atoms with Crippen molar-refractivity contribution < 1.29 is 14.0 Å². The molecule has 2 aromatic rings. The minimum Gasteiger partial charge on any atom is -0.361 e. The number of nitrogens with one attached hydrogen (secondary N) is 1. The molecule has 0 amide bonds. The van der Waals surface area contributed by atoms with E-state index in [1.807, 2.05) is 44.3 Å². The van der Waals surface area contributed by atoms with Crippen molar-refractivity contribution in [2.75, 3.05) is 0 Å². The number of rotatable bonds is 6. The molecule has 5 nitrogen and oxygen atoms in total. The van der Waals surface area contributed by atoms with Crippen LogP contribution in [0.4, 0.5) is 0 Å². The summed E-state index contributed by atoms with van der Waals surface area (Å²) in [6.07, 6.45) is 3.08. The van der Waals surface area contributed by atoms with Crippen LogP contribution in [0.5, 0.6) is 0 Å². The molecule has 1 heterocycles. The predicted octanol–water partition coefficient (Wildman–Crippen LogP) is 3.39. The number of H-pyrrole nitrogens is 1. The molecule has 0 aliphatic carbocycles. The third kappa shape index (κ3) is 2.76. The molecule has 0 radical (unpaired) electrons. The summed E-state index contributed by atoms with van der Waals surface area (Å²) < 4.78 is 16.2. The number of aromatic nitrogens is 1. The molecule has 0 bridgehead atoms. The standard InChI is InChI=1S/C14H19N2O3P/c1-3-12(14(15,4-2)19-20(17)18)11-9-16-13-8-6-5-7-10(11)13/h5-9,12,16H,3-4,15H2,1-2H3/p+1. The molecule has 3 unspecified atom stereocenters. The van der Waals surface area contributed by atoms with Gasteiger partial charge in [0.1, 0.15) is 0 Å². The van der Waals surface area contributed by atoms with Crippen LogP contribution in [0.3, 0.4) is 0 Å². The Morgan fingerprint density at radius 1 is 1.45 bits per heavy atom. The van der Waals surface area contributed by atoms with Crippen molar-refractivity contribution in [2.24, 2.45) is 5.73 Å². The third-order valence-electron chi connectivity index (χ3n) is 3.80. The summed E-state index contributed by atoms with van der Waals surface area (Å²) in [5, 5.41) is 1.07. The molecule has 1 aromatic heterocycles. The molecule has 0 fully saturated rings. The quantitative estimate of drug-likeness (QED) is 0.563. The van der Waals surface area contributed by atoms with E-state index in [4.69, 9.17) is 15.2 Å². The van der Waals surface area contributed by atoms with Crippen molar-refractivity contribution in [3.63, 3.8) is 0 Å². The zero-order chi connectivity index (χ0) is 14.8. The first-order valence-corrected chi connectivity index (χ1v) is 7.85. The SMILES string of the molecule is CCC(c1c[nH]c2ccccc12)C(N)(CC)O[P+](=O)O. The van der Waals surface area contributed by atoms with Crippen LogP contribution in [-0.4, -0.2) is 15.6 Å². The fourth-order valence-electron chi connectivity index (χ4n) is 2.73. The molecule has 3 atom stereocenters. The maximum Gasteiger partial charge on any atom is 0.696 e. The lowest BCUT2D eigenvalue weighted by Gasteiger charge is -2.30. The fraction of sp³-hybridized carbons (Fsp3) is 0.429. The topological polar surface area (TPSA) is 88.3 Å². The average molecular weight is 295 g/mol. The number of para-hydroxylation sites is 1. The second-order valence-corrected chi connectivity index (χ2v) is 5.55. The van der Waals surface area contributed by atoms with Gasteiger partial charge in [0.05, 0.1) is 0 Å². The summed E-state index contributed by atoms with van der Waals surface area (Å²) in [4.78, 5) is 12.3. The molecule has 6 heteroatoms. The summed E-state index contributed by atoms with van der Waals surface area (Å²) in [6, 6.07) is 7.92.